The van der Waals surface area contributed by atoms with Crippen molar-refractivity contribution in [2.24, 2.45) is 0 Å². The number of sulfonamides is 1. The molecule has 0 aliphatic carbocycles. The van der Waals surface area contributed by atoms with E-state index in [0.717, 1.165) is 0 Å². The van der Waals surface area contributed by atoms with Gasteiger partial charge in [-0.15, -0.1) is 0 Å². The molecule has 0 atom stereocenters. The van der Waals surface area contributed by atoms with Crippen LogP contribution >= 0.6 is 0 Å². The number of ether oxygens (including phenoxy) is 3. The van der Waals surface area contributed by atoms with Crippen LogP contribution < -0.4 is 4.74 Å². The van der Waals surface area contributed by atoms with Crippen molar-refractivity contribution in [1.29, 1.82) is 0 Å². The Labute approximate surface area is 164 Å². The van der Waals surface area contributed by atoms with E-state index < -0.39 is 10.0 Å². The lowest BCUT2D eigenvalue weighted by Gasteiger charge is -2.30. The normalized spacial score (nSPS) is 16.4. The molecule has 0 saturated carbocycles. The Hall–Kier alpha value is -2.01. The molecular formula is C18H25N3O6S. The van der Waals surface area contributed by atoms with Crippen LogP contribution in [0.3, 0.4) is 0 Å². The number of rotatable bonds is 9. The maximum absolute atomic E-state index is 12.8. The van der Waals surface area contributed by atoms with Crippen molar-refractivity contribution in [3.05, 3.63) is 36.0 Å². The van der Waals surface area contributed by atoms with E-state index >= 15 is 0 Å². The molecule has 0 bridgehead atoms. The molecule has 3 rings (SSSR count). The van der Waals surface area contributed by atoms with Gasteiger partial charge in [0.25, 0.3) is 5.89 Å². The van der Waals surface area contributed by atoms with Crippen molar-refractivity contribution in [1.82, 2.24) is 14.4 Å². The van der Waals surface area contributed by atoms with E-state index in [9.17, 15) is 8.42 Å². The topological polar surface area (TPSA) is 104 Å². The maximum atomic E-state index is 12.8. The summed E-state index contributed by atoms with van der Waals surface area (Å²) in [4.78, 5) is 4.48. The van der Waals surface area contributed by atoms with E-state index in [-0.39, 0.29) is 17.6 Å². The van der Waals surface area contributed by atoms with Crippen molar-refractivity contribution >= 4 is 10.0 Å². The van der Waals surface area contributed by atoms with Crippen LogP contribution in [0.4, 0.5) is 0 Å². The van der Waals surface area contributed by atoms with Gasteiger partial charge < -0.3 is 18.7 Å². The van der Waals surface area contributed by atoms with Gasteiger partial charge in [-0.2, -0.15) is 9.29 Å². The summed E-state index contributed by atoms with van der Waals surface area (Å²) in [6, 6.07) is 6.51. The third kappa shape index (κ3) is 5.07. The van der Waals surface area contributed by atoms with Crippen molar-refractivity contribution in [2.45, 2.75) is 36.9 Å². The van der Waals surface area contributed by atoms with Gasteiger partial charge in [-0.25, -0.2) is 8.42 Å². The summed E-state index contributed by atoms with van der Waals surface area (Å²) in [7, 11) is -0.417. The first-order chi connectivity index (χ1) is 13.5. The number of aromatic nitrogens is 2. The Morgan fingerprint density at radius 1 is 1.25 bits per heavy atom. The summed E-state index contributed by atoms with van der Waals surface area (Å²) >= 11 is 0. The van der Waals surface area contributed by atoms with E-state index in [4.69, 9.17) is 18.7 Å². The average molecular weight is 411 g/mol. The minimum absolute atomic E-state index is 0.0499. The quantitative estimate of drug-likeness (QED) is 0.613. The first-order valence-corrected chi connectivity index (χ1v) is 10.5. The van der Waals surface area contributed by atoms with E-state index in [1.165, 1.54) is 17.5 Å². The van der Waals surface area contributed by atoms with Crippen LogP contribution in [-0.4, -0.2) is 62.9 Å². The second kappa shape index (κ2) is 9.46. The zero-order chi connectivity index (χ0) is 20.0. The number of hydrogen-bond donors (Lipinski definition) is 0. The number of nitrogens with zero attached hydrogens (tertiary/aromatic N) is 3. The van der Waals surface area contributed by atoms with Crippen LogP contribution in [0, 0.1) is 0 Å². The molecule has 154 valence electrons. The molecule has 1 aliphatic heterocycles. The summed E-state index contributed by atoms with van der Waals surface area (Å²) in [6.45, 7) is 1.54. The molecule has 0 amide bonds. The van der Waals surface area contributed by atoms with Gasteiger partial charge in [-0.1, -0.05) is 11.2 Å². The monoisotopic (exact) mass is 411 g/mol. The molecule has 2 aromatic rings. The molecule has 1 saturated heterocycles. The minimum Gasteiger partial charge on any atom is -0.497 e. The highest BCUT2D eigenvalue weighted by molar-refractivity contribution is 7.89. The second-order valence-corrected chi connectivity index (χ2v) is 8.38. The van der Waals surface area contributed by atoms with Gasteiger partial charge in [0.15, 0.2) is 5.82 Å². The average Bonchev–Trinajstić information content (AvgIpc) is 3.19. The van der Waals surface area contributed by atoms with Crippen molar-refractivity contribution in [2.75, 3.05) is 33.9 Å². The Kier molecular flexibility index (Phi) is 7.00. The van der Waals surface area contributed by atoms with Crippen LogP contribution in [0.1, 0.15) is 24.6 Å². The van der Waals surface area contributed by atoms with E-state index in [2.05, 4.69) is 10.1 Å². The smallest absolute Gasteiger partial charge is 0.252 e. The van der Waals surface area contributed by atoms with Crippen molar-refractivity contribution in [3.8, 4) is 5.75 Å². The molecule has 1 aromatic heterocycles. The Morgan fingerprint density at radius 3 is 2.75 bits per heavy atom. The zero-order valence-corrected chi connectivity index (χ0v) is 16.9. The van der Waals surface area contributed by atoms with E-state index in [0.29, 0.717) is 56.4 Å². The van der Waals surface area contributed by atoms with E-state index in [1.54, 1.807) is 25.3 Å². The third-order valence-corrected chi connectivity index (χ3v) is 6.46. The predicted molar refractivity (Wildman–Crippen MR) is 99.4 cm³/mol. The summed E-state index contributed by atoms with van der Waals surface area (Å²) in [5.74, 6) is 1.51. The second-order valence-electron chi connectivity index (χ2n) is 6.44. The van der Waals surface area contributed by atoms with E-state index in [1.807, 2.05) is 0 Å². The lowest BCUT2D eigenvalue weighted by Crippen LogP contribution is -2.40. The number of piperidine rings is 1. The molecule has 1 aliphatic rings. The SMILES string of the molecule is COCCc1noc(COC2CCN(S(=O)(=O)c3cccc(OC)c3)CC2)n1. The highest BCUT2D eigenvalue weighted by atomic mass is 32.2. The zero-order valence-electron chi connectivity index (χ0n) is 16.0. The van der Waals surface area contributed by atoms with Gasteiger partial charge in [-0.3, -0.25) is 0 Å². The van der Waals surface area contributed by atoms with Crippen molar-refractivity contribution in [3.63, 3.8) is 0 Å². The molecule has 0 unspecified atom stereocenters. The van der Waals surface area contributed by atoms with Gasteiger partial charge in [0, 0.05) is 32.7 Å². The molecule has 9 nitrogen and oxygen atoms in total. The van der Waals surface area contributed by atoms with Crippen LogP contribution in [-0.2, 0) is 32.5 Å². The van der Waals surface area contributed by atoms with Gasteiger partial charge >= 0.3 is 0 Å². The van der Waals surface area contributed by atoms with Crippen molar-refractivity contribution < 1.29 is 27.2 Å². The summed E-state index contributed by atoms with van der Waals surface area (Å²) in [5.41, 5.74) is 0. The predicted octanol–water partition coefficient (Wildman–Crippen LogP) is 1.64. The fourth-order valence-electron chi connectivity index (χ4n) is 2.98. The molecule has 1 fully saturated rings. The molecule has 1 aromatic carbocycles. The lowest BCUT2D eigenvalue weighted by molar-refractivity contribution is -0.00119. The summed E-state index contributed by atoms with van der Waals surface area (Å²) in [6.07, 6.45) is 1.74. The Balaban J connectivity index is 1.50. The molecular weight excluding hydrogens is 386 g/mol. The molecule has 0 radical (unpaired) electrons. The molecule has 0 spiro atoms. The van der Waals surface area contributed by atoms with Gasteiger partial charge in [0.05, 0.1) is 24.7 Å². The third-order valence-electron chi connectivity index (χ3n) is 4.56. The van der Waals surface area contributed by atoms with Crippen LogP contribution in [0.25, 0.3) is 0 Å². The van der Waals surface area contributed by atoms with Gasteiger partial charge in [-0.05, 0) is 25.0 Å². The number of hydrogen-bond acceptors (Lipinski definition) is 8. The molecule has 28 heavy (non-hydrogen) atoms. The minimum atomic E-state index is -3.55. The highest BCUT2D eigenvalue weighted by Crippen LogP contribution is 2.25. The standard InChI is InChI=1S/C18H25N3O6S/c1-24-11-8-17-19-18(27-20-17)13-26-14-6-9-21(10-7-14)28(22,23)16-5-3-4-15(12-16)25-2/h3-5,12,14H,6-11,13H2,1-2H3. The molecule has 10 heteroatoms. The molecule has 0 N–H and O–H groups in total. The first-order valence-electron chi connectivity index (χ1n) is 9.09. The highest BCUT2D eigenvalue weighted by Gasteiger charge is 2.30. The van der Waals surface area contributed by atoms with Crippen LogP contribution in [0.15, 0.2) is 33.7 Å². The maximum Gasteiger partial charge on any atom is 0.252 e. The number of methoxy groups -OCH3 is 2. The Bertz CT molecular complexity index is 862. The first kappa shape index (κ1) is 20.7. The lowest BCUT2D eigenvalue weighted by atomic mass is 10.1. The van der Waals surface area contributed by atoms with Crippen LogP contribution in [0.5, 0.6) is 5.75 Å². The summed E-state index contributed by atoms with van der Waals surface area (Å²) < 4.78 is 48.2. The van der Waals surface area contributed by atoms with Crippen LogP contribution in [0.2, 0.25) is 0 Å². The fourth-order valence-corrected chi connectivity index (χ4v) is 4.49. The molecule has 2 heterocycles. The summed E-state index contributed by atoms with van der Waals surface area (Å²) in [5, 5.41) is 3.87. The number of benzene rings is 1. The largest absolute Gasteiger partial charge is 0.497 e. The van der Waals surface area contributed by atoms with Gasteiger partial charge in [0.1, 0.15) is 12.4 Å². The fraction of sp³-hybridized carbons (Fsp3) is 0.556. The Morgan fingerprint density at radius 2 is 2.04 bits per heavy atom. The van der Waals surface area contributed by atoms with Gasteiger partial charge in [0.2, 0.25) is 10.0 Å².